The van der Waals surface area contributed by atoms with Crippen molar-refractivity contribution >= 4 is 15.9 Å². The summed E-state index contributed by atoms with van der Waals surface area (Å²) in [5, 5.41) is 0. The molecule has 1 aromatic rings. The predicted octanol–water partition coefficient (Wildman–Crippen LogP) is 3.89. The molecule has 0 spiro atoms. The fraction of sp³-hybridized carbons (Fsp3) is 0.222. The minimum atomic E-state index is -4.35. The molecule has 0 amide bonds. The third-order valence-electron chi connectivity index (χ3n) is 1.62. The summed E-state index contributed by atoms with van der Waals surface area (Å²) in [6.07, 6.45) is -4.35. The first-order valence-electron chi connectivity index (χ1n) is 3.64. The first-order chi connectivity index (χ1) is 6.45. The Labute approximate surface area is 87.5 Å². The zero-order valence-electron chi connectivity index (χ0n) is 6.90. The van der Waals surface area contributed by atoms with E-state index in [1.165, 1.54) is 6.07 Å². The summed E-state index contributed by atoms with van der Waals surface area (Å²) in [5.74, 6) is 0. The number of benzene rings is 1. The van der Waals surface area contributed by atoms with Crippen LogP contribution in [-0.2, 0) is 12.7 Å². The molecule has 5 heteroatoms. The molecule has 0 aliphatic carbocycles. The molecule has 0 unspecified atom stereocenters. The second-order valence-corrected chi connectivity index (χ2v) is 3.47. The third-order valence-corrected chi connectivity index (χ3v) is 2.40. The van der Waals surface area contributed by atoms with E-state index in [4.69, 9.17) is 6.57 Å². The van der Waals surface area contributed by atoms with Crippen LogP contribution in [0.1, 0.15) is 11.1 Å². The van der Waals surface area contributed by atoms with Crippen molar-refractivity contribution in [2.24, 2.45) is 0 Å². The molecule has 0 atom stereocenters. The Morgan fingerprint density at radius 3 is 2.50 bits per heavy atom. The lowest BCUT2D eigenvalue weighted by Gasteiger charge is -2.07. The van der Waals surface area contributed by atoms with Gasteiger partial charge in [0.05, 0.1) is 5.56 Å². The van der Waals surface area contributed by atoms with Crippen molar-refractivity contribution in [1.29, 1.82) is 0 Å². The lowest BCUT2D eigenvalue weighted by molar-refractivity contribution is -0.137. The minimum absolute atomic E-state index is 0.0511. The van der Waals surface area contributed by atoms with Gasteiger partial charge in [-0.15, -0.1) is 0 Å². The van der Waals surface area contributed by atoms with E-state index in [0.717, 1.165) is 12.1 Å². The summed E-state index contributed by atoms with van der Waals surface area (Å²) < 4.78 is 37.3. The molecule has 0 aliphatic rings. The van der Waals surface area contributed by atoms with E-state index >= 15 is 0 Å². The zero-order valence-corrected chi connectivity index (χ0v) is 8.48. The molecule has 0 saturated carbocycles. The van der Waals surface area contributed by atoms with Crippen molar-refractivity contribution < 1.29 is 13.2 Å². The summed E-state index contributed by atoms with van der Waals surface area (Å²) in [7, 11) is 0. The molecule has 0 aromatic heterocycles. The van der Waals surface area contributed by atoms with Crippen LogP contribution in [0.5, 0.6) is 0 Å². The molecular weight excluding hydrogens is 259 g/mol. The average molecular weight is 264 g/mol. The van der Waals surface area contributed by atoms with Gasteiger partial charge in [-0.1, -0.05) is 15.9 Å². The molecule has 14 heavy (non-hydrogen) atoms. The Bertz CT molecular complexity index is 379. The molecule has 0 fully saturated rings. The van der Waals surface area contributed by atoms with Crippen LogP contribution >= 0.6 is 15.9 Å². The number of hydrogen-bond acceptors (Lipinski definition) is 0. The molecule has 0 heterocycles. The summed E-state index contributed by atoms with van der Waals surface area (Å²) >= 11 is 3.09. The highest BCUT2D eigenvalue weighted by Crippen LogP contribution is 2.32. The number of nitrogens with zero attached hydrogens (tertiary/aromatic N) is 1. The fourth-order valence-corrected chi connectivity index (χ4v) is 1.33. The van der Waals surface area contributed by atoms with Crippen molar-refractivity contribution in [3.05, 3.63) is 45.2 Å². The molecule has 0 radical (unpaired) electrons. The Morgan fingerprint density at radius 2 is 2.00 bits per heavy atom. The van der Waals surface area contributed by atoms with Gasteiger partial charge in [0.2, 0.25) is 6.54 Å². The Balaban J connectivity index is 3.14. The van der Waals surface area contributed by atoms with Crippen LogP contribution in [0, 0.1) is 6.57 Å². The lowest BCUT2D eigenvalue weighted by Crippen LogP contribution is -2.05. The summed E-state index contributed by atoms with van der Waals surface area (Å²) in [6.45, 7) is 6.54. The van der Waals surface area contributed by atoms with Crippen LogP contribution in [0.15, 0.2) is 22.7 Å². The zero-order chi connectivity index (χ0) is 10.8. The molecule has 0 N–H and O–H groups in total. The van der Waals surface area contributed by atoms with Gasteiger partial charge in [-0.05, 0) is 18.2 Å². The van der Waals surface area contributed by atoms with Crippen molar-refractivity contribution in [2.45, 2.75) is 12.7 Å². The van der Waals surface area contributed by atoms with Crippen molar-refractivity contribution in [2.75, 3.05) is 0 Å². The first-order valence-corrected chi connectivity index (χ1v) is 4.43. The van der Waals surface area contributed by atoms with Crippen LogP contribution in [-0.4, -0.2) is 0 Å². The van der Waals surface area contributed by atoms with Gasteiger partial charge in [0.25, 0.3) is 0 Å². The Morgan fingerprint density at radius 1 is 1.36 bits per heavy atom. The van der Waals surface area contributed by atoms with Gasteiger partial charge in [0.15, 0.2) is 0 Å². The minimum Gasteiger partial charge on any atom is -0.312 e. The van der Waals surface area contributed by atoms with Gasteiger partial charge in [-0.25, -0.2) is 6.57 Å². The van der Waals surface area contributed by atoms with Crippen LogP contribution in [0.3, 0.4) is 0 Å². The number of alkyl halides is 3. The monoisotopic (exact) mass is 263 g/mol. The van der Waals surface area contributed by atoms with Gasteiger partial charge in [0.1, 0.15) is 0 Å². The molecule has 1 rings (SSSR count). The second kappa shape index (κ2) is 4.01. The van der Waals surface area contributed by atoms with E-state index in [0.29, 0.717) is 10.0 Å². The molecule has 0 bridgehead atoms. The maximum absolute atomic E-state index is 12.2. The molecule has 1 nitrogen and oxygen atoms in total. The summed E-state index contributed by atoms with van der Waals surface area (Å²) in [6, 6.07) is 3.28. The van der Waals surface area contributed by atoms with E-state index in [2.05, 4.69) is 20.8 Å². The molecule has 0 aliphatic heterocycles. The average Bonchev–Trinajstić information content (AvgIpc) is 2.07. The van der Waals surface area contributed by atoms with Gasteiger partial charge in [0, 0.05) is 10.0 Å². The van der Waals surface area contributed by atoms with Crippen LogP contribution in [0.25, 0.3) is 4.85 Å². The molecule has 1 aromatic carbocycles. The van der Waals surface area contributed by atoms with Crippen molar-refractivity contribution in [1.82, 2.24) is 0 Å². The highest BCUT2D eigenvalue weighted by Gasteiger charge is 2.31. The maximum Gasteiger partial charge on any atom is 0.416 e. The maximum atomic E-state index is 12.2. The van der Waals surface area contributed by atoms with E-state index in [-0.39, 0.29) is 6.54 Å². The highest BCUT2D eigenvalue weighted by atomic mass is 79.9. The topological polar surface area (TPSA) is 4.36 Å². The van der Waals surface area contributed by atoms with Crippen LogP contribution in [0.4, 0.5) is 13.2 Å². The summed E-state index contributed by atoms with van der Waals surface area (Å²) in [5.41, 5.74) is -0.367. The second-order valence-electron chi connectivity index (χ2n) is 2.62. The SMILES string of the molecule is [C-]#[N+]Cc1cc(C(F)(F)F)ccc1Br. The van der Waals surface area contributed by atoms with E-state index < -0.39 is 11.7 Å². The van der Waals surface area contributed by atoms with Crippen LogP contribution < -0.4 is 0 Å². The standard InChI is InChI=1S/C9H5BrF3N/c1-14-5-6-4-7(9(11,12)13)2-3-8(6)10/h2-4H,5H2. The largest absolute Gasteiger partial charge is 0.416 e. The van der Waals surface area contributed by atoms with Gasteiger partial charge in [-0.2, -0.15) is 13.2 Å². The number of halogens is 4. The first kappa shape index (κ1) is 11.1. The fourth-order valence-electron chi connectivity index (χ4n) is 0.957. The third kappa shape index (κ3) is 2.48. The lowest BCUT2D eigenvalue weighted by atomic mass is 10.1. The molecular formula is C9H5BrF3N. The Hall–Kier alpha value is -1.02. The van der Waals surface area contributed by atoms with E-state index in [1.54, 1.807) is 0 Å². The normalized spacial score (nSPS) is 11.1. The van der Waals surface area contributed by atoms with Gasteiger partial charge in [-0.3, -0.25) is 0 Å². The summed E-state index contributed by atoms with van der Waals surface area (Å²) in [4.78, 5) is 3.04. The van der Waals surface area contributed by atoms with Crippen LogP contribution in [0.2, 0.25) is 0 Å². The van der Waals surface area contributed by atoms with Gasteiger partial charge >= 0.3 is 6.18 Å². The smallest absolute Gasteiger partial charge is 0.312 e. The van der Waals surface area contributed by atoms with Crippen molar-refractivity contribution in [3.63, 3.8) is 0 Å². The van der Waals surface area contributed by atoms with Gasteiger partial charge < -0.3 is 4.85 Å². The number of rotatable bonds is 1. The quantitative estimate of drug-likeness (QED) is 0.678. The predicted molar refractivity (Wildman–Crippen MR) is 49.5 cm³/mol. The molecule has 0 saturated heterocycles. The van der Waals surface area contributed by atoms with E-state index in [9.17, 15) is 13.2 Å². The highest BCUT2D eigenvalue weighted by molar-refractivity contribution is 9.10. The molecule has 74 valence electrons. The van der Waals surface area contributed by atoms with Crippen molar-refractivity contribution in [3.8, 4) is 0 Å². The Kier molecular flexibility index (Phi) is 3.17. The van der Waals surface area contributed by atoms with E-state index in [1.807, 2.05) is 0 Å². The number of hydrogen-bond donors (Lipinski definition) is 0.